The molecule has 0 heterocycles. The van der Waals surface area contributed by atoms with Gasteiger partial charge in [-0.2, -0.15) is 0 Å². The van der Waals surface area contributed by atoms with Crippen LogP contribution in [0.25, 0.3) is 0 Å². The number of fused-ring (bicyclic) bond motifs is 5. The summed E-state index contributed by atoms with van der Waals surface area (Å²) < 4.78 is 10.5. The van der Waals surface area contributed by atoms with Gasteiger partial charge >= 0.3 is 0 Å². The number of methoxy groups -OCH3 is 2. The molecule has 0 unspecified atom stereocenters. The molecular formula is C17H21NO3. The first kappa shape index (κ1) is 13.0. The molecule has 0 aromatic heterocycles. The molecule has 2 bridgehead atoms. The topological polar surface area (TPSA) is 47.6 Å². The van der Waals surface area contributed by atoms with Crippen molar-refractivity contribution in [2.45, 2.75) is 19.3 Å². The van der Waals surface area contributed by atoms with Gasteiger partial charge < -0.3 is 14.8 Å². The minimum atomic E-state index is 0.160. The van der Waals surface area contributed by atoms with Gasteiger partial charge in [0.2, 0.25) is 5.91 Å². The highest BCUT2D eigenvalue weighted by atomic mass is 16.5. The molecule has 1 aromatic carbocycles. The second-order valence-corrected chi connectivity index (χ2v) is 6.57. The lowest BCUT2D eigenvalue weighted by Crippen LogP contribution is -2.19. The molecule has 3 saturated carbocycles. The Bertz CT molecular complexity index is 569. The number of hydrogen-bond acceptors (Lipinski definition) is 3. The van der Waals surface area contributed by atoms with Gasteiger partial charge in [0, 0.05) is 12.0 Å². The normalized spacial score (nSPS) is 35.2. The van der Waals surface area contributed by atoms with Gasteiger partial charge in [-0.15, -0.1) is 0 Å². The summed E-state index contributed by atoms with van der Waals surface area (Å²) in [6, 6.07) is 5.48. The zero-order chi connectivity index (χ0) is 14.6. The van der Waals surface area contributed by atoms with Crippen molar-refractivity contribution in [1.29, 1.82) is 0 Å². The van der Waals surface area contributed by atoms with Crippen LogP contribution in [0.3, 0.4) is 0 Å². The van der Waals surface area contributed by atoms with E-state index in [4.69, 9.17) is 9.47 Å². The SMILES string of the molecule is COc1ccc(OC)c(NC(=O)C2[C@H]3[C@H]4CC[C@@H](C4)[C@H]23)c1. The van der Waals surface area contributed by atoms with Crippen molar-refractivity contribution in [2.75, 3.05) is 19.5 Å². The fourth-order valence-corrected chi connectivity index (χ4v) is 4.80. The van der Waals surface area contributed by atoms with Crippen LogP contribution in [-0.2, 0) is 4.79 Å². The number of nitrogens with one attached hydrogen (secondary N) is 1. The van der Waals surface area contributed by atoms with Crippen LogP contribution in [0.1, 0.15) is 19.3 Å². The molecule has 0 saturated heterocycles. The van der Waals surface area contributed by atoms with Gasteiger partial charge in [0.1, 0.15) is 11.5 Å². The Labute approximate surface area is 124 Å². The lowest BCUT2D eigenvalue weighted by molar-refractivity contribution is -0.118. The van der Waals surface area contributed by atoms with Crippen LogP contribution in [0.2, 0.25) is 0 Å². The monoisotopic (exact) mass is 287 g/mol. The Morgan fingerprint density at radius 1 is 1.14 bits per heavy atom. The minimum absolute atomic E-state index is 0.160. The maximum atomic E-state index is 12.6. The second-order valence-electron chi connectivity index (χ2n) is 6.57. The van der Waals surface area contributed by atoms with E-state index in [1.807, 2.05) is 18.2 Å². The second kappa shape index (κ2) is 4.65. The van der Waals surface area contributed by atoms with E-state index in [0.29, 0.717) is 23.3 Å². The van der Waals surface area contributed by atoms with Crippen LogP contribution in [0, 0.1) is 29.6 Å². The number of anilines is 1. The molecule has 3 aliphatic carbocycles. The van der Waals surface area contributed by atoms with E-state index in [9.17, 15) is 4.79 Å². The summed E-state index contributed by atoms with van der Waals surface area (Å²) in [5.74, 6) is 4.71. The number of rotatable bonds is 4. The summed E-state index contributed by atoms with van der Waals surface area (Å²) in [5, 5.41) is 3.05. The molecule has 4 rings (SSSR count). The summed E-state index contributed by atoms with van der Waals surface area (Å²) in [5.41, 5.74) is 0.708. The highest BCUT2D eigenvalue weighted by molar-refractivity contribution is 5.96. The summed E-state index contributed by atoms with van der Waals surface area (Å²) in [7, 11) is 3.24. The van der Waals surface area contributed by atoms with Gasteiger partial charge in [-0.25, -0.2) is 0 Å². The van der Waals surface area contributed by atoms with Crippen molar-refractivity contribution in [3.63, 3.8) is 0 Å². The molecule has 1 aromatic rings. The van der Waals surface area contributed by atoms with Gasteiger partial charge in [0.25, 0.3) is 0 Å². The lowest BCUT2D eigenvalue weighted by atomic mass is 10.0. The summed E-state index contributed by atoms with van der Waals surface area (Å²) in [6.45, 7) is 0. The number of benzene rings is 1. The van der Waals surface area contributed by atoms with E-state index in [-0.39, 0.29) is 11.8 Å². The number of amides is 1. The summed E-state index contributed by atoms with van der Waals surface area (Å²) >= 11 is 0. The molecule has 4 heteroatoms. The molecule has 112 valence electrons. The number of hydrogen-bond donors (Lipinski definition) is 1. The molecule has 1 N–H and O–H groups in total. The zero-order valence-corrected chi connectivity index (χ0v) is 12.5. The number of ether oxygens (including phenoxy) is 2. The van der Waals surface area contributed by atoms with Gasteiger partial charge in [-0.3, -0.25) is 4.79 Å². The Kier molecular flexibility index (Phi) is 2.88. The first-order valence-electron chi connectivity index (χ1n) is 7.76. The lowest BCUT2D eigenvalue weighted by Gasteiger charge is -2.13. The fourth-order valence-electron chi connectivity index (χ4n) is 4.80. The van der Waals surface area contributed by atoms with E-state index < -0.39 is 0 Å². The quantitative estimate of drug-likeness (QED) is 0.926. The predicted octanol–water partition coefficient (Wildman–Crippen LogP) is 2.93. The number of carbonyl (C=O) groups excluding carboxylic acids is 1. The molecule has 4 atom stereocenters. The van der Waals surface area contributed by atoms with Crippen molar-refractivity contribution in [2.24, 2.45) is 29.6 Å². The average Bonchev–Trinajstić information content (AvgIpc) is 2.96. The highest BCUT2D eigenvalue weighted by Gasteiger charge is 2.67. The third-order valence-corrected chi connectivity index (χ3v) is 5.70. The van der Waals surface area contributed by atoms with Gasteiger partial charge in [-0.1, -0.05) is 0 Å². The van der Waals surface area contributed by atoms with Crippen LogP contribution in [0.5, 0.6) is 11.5 Å². The van der Waals surface area contributed by atoms with Gasteiger partial charge in [0.15, 0.2) is 0 Å². The van der Waals surface area contributed by atoms with Crippen LogP contribution in [0.4, 0.5) is 5.69 Å². The van der Waals surface area contributed by atoms with Gasteiger partial charge in [0.05, 0.1) is 19.9 Å². The Morgan fingerprint density at radius 3 is 2.48 bits per heavy atom. The van der Waals surface area contributed by atoms with E-state index in [2.05, 4.69) is 5.32 Å². The van der Waals surface area contributed by atoms with E-state index >= 15 is 0 Å². The van der Waals surface area contributed by atoms with Crippen molar-refractivity contribution in [1.82, 2.24) is 0 Å². The maximum Gasteiger partial charge on any atom is 0.228 e. The molecule has 4 nitrogen and oxygen atoms in total. The molecular weight excluding hydrogens is 266 g/mol. The third-order valence-electron chi connectivity index (χ3n) is 5.70. The standard InChI is InChI=1S/C17H21NO3/c1-20-11-5-6-13(21-2)12(8-11)18-17(19)16-14-9-3-4-10(7-9)15(14)16/h5-6,8-10,14-16H,3-4,7H2,1-2H3,(H,18,19)/t9-,10-,14-,15-/m0/s1. The Morgan fingerprint density at radius 2 is 1.86 bits per heavy atom. The van der Waals surface area contributed by atoms with Crippen LogP contribution in [0.15, 0.2) is 18.2 Å². The smallest absolute Gasteiger partial charge is 0.228 e. The van der Waals surface area contributed by atoms with Crippen molar-refractivity contribution >= 4 is 11.6 Å². The Balaban J connectivity index is 1.50. The largest absolute Gasteiger partial charge is 0.497 e. The first-order valence-corrected chi connectivity index (χ1v) is 7.76. The molecule has 0 spiro atoms. The zero-order valence-electron chi connectivity index (χ0n) is 12.5. The van der Waals surface area contributed by atoms with Gasteiger partial charge in [-0.05, 0) is 55.1 Å². The predicted molar refractivity (Wildman–Crippen MR) is 79.5 cm³/mol. The maximum absolute atomic E-state index is 12.6. The van der Waals surface area contributed by atoms with Crippen LogP contribution >= 0.6 is 0 Å². The molecule has 3 fully saturated rings. The molecule has 0 radical (unpaired) electrons. The molecule has 1 amide bonds. The summed E-state index contributed by atoms with van der Waals surface area (Å²) in [6.07, 6.45) is 4.03. The van der Waals surface area contributed by atoms with E-state index in [1.54, 1.807) is 14.2 Å². The van der Waals surface area contributed by atoms with Crippen molar-refractivity contribution < 1.29 is 14.3 Å². The van der Waals surface area contributed by atoms with Crippen molar-refractivity contribution in [3.8, 4) is 11.5 Å². The minimum Gasteiger partial charge on any atom is -0.497 e. The van der Waals surface area contributed by atoms with Crippen LogP contribution in [-0.4, -0.2) is 20.1 Å². The van der Waals surface area contributed by atoms with Crippen LogP contribution < -0.4 is 14.8 Å². The average molecular weight is 287 g/mol. The Hall–Kier alpha value is -1.71. The van der Waals surface area contributed by atoms with E-state index in [1.165, 1.54) is 19.3 Å². The first-order chi connectivity index (χ1) is 10.2. The number of carbonyl (C=O) groups is 1. The molecule has 21 heavy (non-hydrogen) atoms. The van der Waals surface area contributed by atoms with Crippen molar-refractivity contribution in [3.05, 3.63) is 18.2 Å². The third kappa shape index (κ3) is 1.92. The summed E-state index contributed by atoms with van der Waals surface area (Å²) in [4.78, 5) is 12.6. The van der Waals surface area contributed by atoms with E-state index in [0.717, 1.165) is 17.6 Å². The highest BCUT2D eigenvalue weighted by Crippen LogP contribution is 2.69. The molecule has 0 aliphatic heterocycles. The molecule has 3 aliphatic rings. The fraction of sp³-hybridized carbons (Fsp3) is 0.588.